The predicted molar refractivity (Wildman–Crippen MR) is 104 cm³/mol. The number of aromatic amines is 2. The number of fused-ring (bicyclic) bond motifs is 2. The number of halogens is 1. The highest BCUT2D eigenvalue weighted by Crippen LogP contribution is 2.33. The van der Waals surface area contributed by atoms with Crippen molar-refractivity contribution >= 4 is 27.7 Å². The van der Waals surface area contributed by atoms with Crippen molar-refractivity contribution in [1.29, 1.82) is 0 Å². The Morgan fingerprint density at radius 2 is 1.85 bits per heavy atom. The molecule has 4 nitrogen and oxygen atoms in total. The third-order valence-electron chi connectivity index (χ3n) is 5.66. The number of H-pyrrole nitrogens is 2. The molecule has 0 atom stereocenters. The molecule has 27 heavy (non-hydrogen) atoms. The van der Waals surface area contributed by atoms with Crippen LogP contribution in [0, 0.1) is 5.82 Å². The fraction of sp³-hybridized carbons (Fsp3) is 0.227. The summed E-state index contributed by atoms with van der Waals surface area (Å²) in [6.45, 7) is 1.46. The lowest BCUT2D eigenvalue weighted by molar-refractivity contribution is 0.0708. The molecule has 0 radical (unpaired) electrons. The lowest BCUT2D eigenvalue weighted by Gasteiger charge is -2.31. The van der Waals surface area contributed by atoms with Gasteiger partial charge in [0.15, 0.2) is 0 Å². The van der Waals surface area contributed by atoms with Crippen molar-refractivity contribution in [3.8, 4) is 0 Å². The molecule has 1 aliphatic heterocycles. The lowest BCUT2D eigenvalue weighted by Crippen LogP contribution is -2.38. The van der Waals surface area contributed by atoms with Crippen LogP contribution in [0.4, 0.5) is 4.39 Å². The Kier molecular flexibility index (Phi) is 3.74. The highest BCUT2D eigenvalue weighted by molar-refractivity contribution is 5.98. The number of hydrogen-bond acceptors (Lipinski definition) is 1. The molecule has 5 rings (SSSR count). The van der Waals surface area contributed by atoms with Crippen LogP contribution >= 0.6 is 0 Å². The summed E-state index contributed by atoms with van der Waals surface area (Å²) in [5.41, 5.74) is 3.82. The highest BCUT2D eigenvalue weighted by atomic mass is 19.1. The average Bonchev–Trinajstić information content (AvgIpc) is 3.31. The van der Waals surface area contributed by atoms with Crippen molar-refractivity contribution in [2.75, 3.05) is 13.1 Å². The largest absolute Gasteiger partial charge is 0.361 e. The van der Waals surface area contributed by atoms with Gasteiger partial charge in [-0.25, -0.2) is 4.39 Å². The third kappa shape index (κ3) is 2.79. The molecule has 136 valence electrons. The summed E-state index contributed by atoms with van der Waals surface area (Å²) >= 11 is 0. The van der Waals surface area contributed by atoms with E-state index in [0.29, 0.717) is 11.6 Å². The summed E-state index contributed by atoms with van der Waals surface area (Å²) in [5, 5.41) is 2.01. The van der Waals surface area contributed by atoms with Crippen LogP contribution in [0.2, 0.25) is 0 Å². The standard InChI is InChI=1S/C22H20FN3O/c23-16-5-6-19-15(11-16)12-21(25-19)22(27)26-9-7-14(8-10-26)18-13-24-20-4-2-1-3-17(18)20/h1-6,11-14,24-25H,7-10H2. The van der Waals surface area contributed by atoms with E-state index >= 15 is 0 Å². The van der Waals surface area contributed by atoms with Gasteiger partial charge in [-0.15, -0.1) is 0 Å². The summed E-state index contributed by atoms with van der Waals surface area (Å²) in [7, 11) is 0. The molecule has 3 heterocycles. The normalized spacial score (nSPS) is 15.7. The van der Waals surface area contributed by atoms with Crippen molar-refractivity contribution in [1.82, 2.24) is 14.9 Å². The number of aromatic nitrogens is 2. The van der Waals surface area contributed by atoms with Gasteiger partial charge in [0, 0.05) is 41.1 Å². The summed E-state index contributed by atoms with van der Waals surface area (Å²) in [4.78, 5) is 21.2. The molecule has 0 saturated carbocycles. The fourth-order valence-corrected chi connectivity index (χ4v) is 4.21. The second kappa shape index (κ2) is 6.27. The Balaban J connectivity index is 1.32. The molecule has 4 aromatic rings. The smallest absolute Gasteiger partial charge is 0.270 e. The first kappa shape index (κ1) is 16.1. The molecule has 0 spiro atoms. The second-order valence-corrected chi connectivity index (χ2v) is 7.27. The molecule has 2 aromatic carbocycles. The fourth-order valence-electron chi connectivity index (χ4n) is 4.21. The average molecular weight is 361 g/mol. The van der Waals surface area contributed by atoms with Crippen molar-refractivity contribution in [2.45, 2.75) is 18.8 Å². The van der Waals surface area contributed by atoms with E-state index in [1.54, 1.807) is 12.1 Å². The van der Waals surface area contributed by atoms with Crippen molar-refractivity contribution < 1.29 is 9.18 Å². The summed E-state index contributed by atoms with van der Waals surface area (Å²) in [6, 6.07) is 14.6. The molecule has 0 bridgehead atoms. The number of rotatable bonds is 2. The molecular formula is C22H20FN3O. The Bertz CT molecular complexity index is 1130. The summed E-state index contributed by atoms with van der Waals surface area (Å²) in [6.07, 6.45) is 4.00. The van der Waals surface area contributed by atoms with Gasteiger partial charge >= 0.3 is 0 Å². The number of piperidine rings is 1. The summed E-state index contributed by atoms with van der Waals surface area (Å²) in [5.74, 6) is 0.158. The van der Waals surface area contributed by atoms with Gasteiger partial charge < -0.3 is 14.9 Å². The molecule has 2 N–H and O–H groups in total. The number of carbonyl (C=O) groups is 1. The Morgan fingerprint density at radius 1 is 1.04 bits per heavy atom. The van der Waals surface area contributed by atoms with Gasteiger partial charge in [-0.1, -0.05) is 18.2 Å². The van der Waals surface area contributed by atoms with Crippen LogP contribution in [0.3, 0.4) is 0 Å². The first-order valence-electron chi connectivity index (χ1n) is 9.32. The molecule has 1 aliphatic rings. The van der Waals surface area contributed by atoms with E-state index in [9.17, 15) is 9.18 Å². The van der Waals surface area contributed by atoms with Crippen molar-refractivity contribution in [3.05, 3.63) is 71.8 Å². The van der Waals surface area contributed by atoms with E-state index in [1.807, 2.05) is 11.0 Å². The topological polar surface area (TPSA) is 51.9 Å². The first-order valence-corrected chi connectivity index (χ1v) is 9.32. The number of amides is 1. The molecular weight excluding hydrogens is 341 g/mol. The highest BCUT2D eigenvalue weighted by Gasteiger charge is 2.26. The van der Waals surface area contributed by atoms with E-state index in [4.69, 9.17) is 0 Å². The van der Waals surface area contributed by atoms with Crippen LogP contribution in [-0.2, 0) is 0 Å². The number of likely N-dealkylation sites (tertiary alicyclic amines) is 1. The Morgan fingerprint density at radius 3 is 2.70 bits per heavy atom. The van der Waals surface area contributed by atoms with E-state index in [-0.39, 0.29) is 11.7 Å². The van der Waals surface area contributed by atoms with Crippen LogP contribution < -0.4 is 0 Å². The van der Waals surface area contributed by atoms with Crippen molar-refractivity contribution in [3.63, 3.8) is 0 Å². The molecule has 0 unspecified atom stereocenters. The minimum Gasteiger partial charge on any atom is -0.361 e. The van der Waals surface area contributed by atoms with Gasteiger partial charge in [-0.3, -0.25) is 4.79 Å². The Labute approximate surface area is 156 Å². The molecule has 5 heteroatoms. The van der Waals surface area contributed by atoms with Crippen LogP contribution in [-0.4, -0.2) is 33.9 Å². The van der Waals surface area contributed by atoms with Gasteiger partial charge in [0.25, 0.3) is 5.91 Å². The summed E-state index contributed by atoms with van der Waals surface area (Å²) < 4.78 is 13.4. The zero-order chi connectivity index (χ0) is 18.4. The quantitative estimate of drug-likeness (QED) is 0.529. The zero-order valence-corrected chi connectivity index (χ0v) is 14.8. The second-order valence-electron chi connectivity index (χ2n) is 7.27. The third-order valence-corrected chi connectivity index (χ3v) is 5.66. The molecule has 0 aliphatic carbocycles. The van der Waals surface area contributed by atoms with Gasteiger partial charge in [0.05, 0.1) is 0 Å². The molecule has 1 saturated heterocycles. The van der Waals surface area contributed by atoms with Crippen molar-refractivity contribution in [2.24, 2.45) is 0 Å². The van der Waals surface area contributed by atoms with E-state index in [2.05, 4.69) is 34.4 Å². The number of carbonyl (C=O) groups excluding carboxylic acids is 1. The van der Waals surface area contributed by atoms with Gasteiger partial charge in [-0.05, 0) is 54.7 Å². The van der Waals surface area contributed by atoms with Crippen LogP contribution in [0.25, 0.3) is 21.8 Å². The number of nitrogens with one attached hydrogen (secondary N) is 2. The van der Waals surface area contributed by atoms with Crippen LogP contribution in [0.15, 0.2) is 54.7 Å². The van der Waals surface area contributed by atoms with Gasteiger partial charge in [0.1, 0.15) is 11.5 Å². The SMILES string of the molecule is O=C(c1cc2cc(F)ccc2[nH]1)N1CCC(c2c[nH]c3ccccc23)CC1. The predicted octanol–water partition coefficient (Wildman–Crippen LogP) is 4.81. The van der Waals surface area contributed by atoms with Crippen LogP contribution in [0.1, 0.15) is 34.8 Å². The van der Waals surface area contributed by atoms with E-state index in [1.165, 1.54) is 23.1 Å². The maximum Gasteiger partial charge on any atom is 0.270 e. The molecule has 1 amide bonds. The Hall–Kier alpha value is -3.08. The number of hydrogen-bond donors (Lipinski definition) is 2. The lowest BCUT2D eigenvalue weighted by atomic mass is 9.89. The monoisotopic (exact) mass is 361 g/mol. The minimum atomic E-state index is -0.292. The number of nitrogens with zero attached hydrogens (tertiary/aromatic N) is 1. The van der Waals surface area contributed by atoms with Crippen LogP contribution in [0.5, 0.6) is 0 Å². The van der Waals surface area contributed by atoms with Gasteiger partial charge in [0.2, 0.25) is 0 Å². The molecule has 2 aromatic heterocycles. The number of benzene rings is 2. The van der Waals surface area contributed by atoms with E-state index in [0.717, 1.165) is 42.4 Å². The first-order chi connectivity index (χ1) is 13.2. The maximum absolute atomic E-state index is 13.4. The van der Waals surface area contributed by atoms with E-state index < -0.39 is 0 Å². The zero-order valence-electron chi connectivity index (χ0n) is 14.8. The minimum absolute atomic E-state index is 0.0102. The van der Waals surface area contributed by atoms with Gasteiger partial charge in [-0.2, -0.15) is 0 Å². The maximum atomic E-state index is 13.4. The molecule has 1 fully saturated rings. The number of para-hydroxylation sites is 1.